The van der Waals surface area contributed by atoms with Crippen LogP contribution in [0.5, 0.6) is 0 Å². The van der Waals surface area contributed by atoms with Gasteiger partial charge in [-0.25, -0.2) is 0 Å². The molecule has 1 saturated carbocycles. The Bertz CT molecular complexity index is 642. The molecule has 3 aliphatic rings. The van der Waals surface area contributed by atoms with Crippen LogP contribution in [0.4, 0.5) is 0 Å². The Morgan fingerprint density at radius 1 is 1.33 bits per heavy atom. The first-order valence-electron chi connectivity index (χ1n) is 9.56. The summed E-state index contributed by atoms with van der Waals surface area (Å²) in [4.78, 5) is 17.7. The summed E-state index contributed by atoms with van der Waals surface area (Å²) in [5, 5.41) is 0. The number of aryl methyl sites for hydroxylation is 1. The highest BCUT2D eigenvalue weighted by molar-refractivity contribution is 5.85. The summed E-state index contributed by atoms with van der Waals surface area (Å²) >= 11 is 0. The number of amides is 1. The molecule has 1 spiro atoms. The van der Waals surface area contributed by atoms with Crippen molar-refractivity contribution in [2.24, 2.45) is 11.8 Å². The van der Waals surface area contributed by atoms with Crippen LogP contribution in [0.2, 0.25) is 0 Å². The largest absolute Gasteiger partial charge is 0.342 e. The van der Waals surface area contributed by atoms with Gasteiger partial charge in [-0.3, -0.25) is 4.79 Å². The van der Waals surface area contributed by atoms with Crippen molar-refractivity contribution in [1.82, 2.24) is 9.80 Å². The van der Waals surface area contributed by atoms with Crippen LogP contribution in [0.1, 0.15) is 43.7 Å². The smallest absolute Gasteiger partial charge is 0.226 e. The SMILES string of the molecule is CC1CN(C)CCC1N(C)C(=O)C1CC12CCCc1ccccc12. The Hall–Kier alpha value is -1.35. The molecule has 1 heterocycles. The lowest BCUT2D eigenvalue weighted by molar-refractivity contribution is -0.135. The van der Waals surface area contributed by atoms with Gasteiger partial charge in [-0.2, -0.15) is 0 Å². The van der Waals surface area contributed by atoms with E-state index < -0.39 is 0 Å². The van der Waals surface area contributed by atoms with Gasteiger partial charge in [-0.05, 0) is 62.7 Å². The molecule has 3 heteroatoms. The van der Waals surface area contributed by atoms with Crippen LogP contribution in [-0.2, 0) is 16.6 Å². The molecular weight excluding hydrogens is 296 g/mol. The molecule has 0 aromatic heterocycles. The lowest BCUT2D eigenvalue weighted by atomic mass is 9.78. The van der Waals surface area contributed by atoms with Crippen LogP contribution in [0.25, 0.3) is 0 Å². The third-order valence-corrected chi connectivity index (χ3v) is 6.90. The summed E-state index contributed by atoms with van der Waals surface area (Å²) < 4.78 is 0. The molecule has 4 rings (SSSR count). The number of carbonyl (C=O) groups is 1. The highest BCUT2D eigenvalue weighted by Gasteiger charge is 2.61. The summed E-state index contributed by atoms with van der Waals surface area (Å²) in [6, 6.07) is 9.24. The van der Waals surface area contributed by atoms with Gasteiger partial charge in [0, 0.05) is 31.0 Å². The fourth-order valence-electron chi connectivity index (χ4n) is 5.48. The molecule has 0 radical (unpaired) electrons. The minimum absolute atomic E-state index is 0.162. The molecule has 1 saturated heterocycles. The maximum Gasteiger partial charge on any atom is 0.226 e. The second-order valence-corrected chi connectivity index (χ2v) is 8.47. The fraction of sp³-hybridized carbons (Fsp3) is 0.667. The maximum atomic E-state index is 13.2. The predicted molar refractivity (Wildman–Crippen MR) is 97.0 cm³/mol. The van der Waals surface area contributed by atoms with Crippen LogP contribution in [0.15, 0.2) is 24.3 Å². The van der Waals surface area contributed by atoms with Crippen LogP contribution < -0.4 is 0 Å². The summed E-state index contributed by atoms with van der Waals surface area (Å²) in [6.07, 6.45) is 5.78. The molecule has 1 aromatic carbocycles. The monoisotopic (exact) mass is 326 g/mol. The summed E-state index contributed by atoms with van der Waals surface area (Å²) in [6.45, 7) is 4.49. The molecule has 1 amide bonds. The zero-order chi connectivity index (χ0) is 16.9. The number of nitrogens with zero attached hydrogens (tertiary/aromatic N) is 2. The standard InChI is InChI=1S/C21H30N2O/c1-15-14-22(2)12-10-19(15)23(3)20(24)18-13-21(18)11-6-8-16-7-4-5-9-17(16)21/h4-5,7,9,15,18-19H,6,8,10-14H2,1-3H3. The molecule has 2 aliphatic carbocycles. The molecule has 2 fully saturated rings. The molecule has 4 unspecified atom stereocenters. The van der Waals surface area contributed by atoms with Crippen LogP contribution in [-0.4, -0.2) is 48.9 Å². The van der Waals surface area contributed by atoms with Crippen LogP contribution in [0.3, 0.4) is 0 Å². The summed E-state index contributed by atoms with van der Waals surface area (Å²) in [5.74, 6) is 1.18. The number of hydrogen-bond donors (Lipinski definition) is 0. The molecule has 4 atom stereocenters. The molecule has 0 N–H and O–H groups in total. The van der Waals surface area contributed by atoms with Gasteiger partial charge in [0.25, 0.3) is 0 Å². The third-order valence-electron chi connectivity index (χ3n) is 6.90. The second-order valence-electron chi connectivity index (χ2n) is 8.47. The first-order valence-corrected chi connectivity index (χ1v) is 9.56. The first-order chi connectivity index (χ1) is 11.5. The molecule has 3 nitrogen and oxygen atoms in total. The fourth-order valence-corrected chi connectivity index (χ4v) is 5.48. The van der Waals surface area contributed by atoms with Crippen molar-refractivity contribution in [2.75, 3.05) is 27.2 Å². The predicted octanol–water partition coefficient (Wildman–Crippen LogP) is 3.08. The van der Waals surface area contributed by atoms with E-state index in [9.17, 15) is 4.79 Å². The van der Waals surface area contributed by atoms with Crippen molar-refractivity contribution in [2.45, 2.75) is 50.5 Å². The van der Waals surface area contributed by atoms with Crippen molar-refractivity contribution in [3.63, 3.8) is 0 Å². The average Bonchev–Trinajstić information content (AvgIpc) is 3.29. The molecule has 1 aromatic rings. The Balaban J connectivity index is 1.51. The number of carbonyl (C=O) groups excluding carboxylic acids is 1. The number of benzene rings is 1. The zero-order valence-electron chi connectivity index (χ0n) is 15.3. The van der Waals surface area contributed by atoms with E-state index in [2.05, 4.69) is 55.1 Å². The van der Waals surface area contributed by atoms with Crippen molar-refractivity contribution in [1.29, 1.82) is 0 Å². The van der Waals surface area contributed by atoms with E-state index in [1.54, 1.807) is 0 Å². The van der Waals surface area contributed by atoms with Gasteiger partial charge >= 0.3 is 0 Å². The van der Waals surface area contributed by atoms with E-state index >= 15 is 0 Å². The van der Waals surface area contributed by atoms with E-state index in [0.717, 1.165) is 25.9 Å². The summed E-state index contributed by atoms with van der Waals surface area (Å²) in [7, 11) is 4.24. The van der Waals surface area contributed by atoms with Crippen LogP contribution in [0, 0.1) is 11.8 Å². The highest BCUT2D eigenvalue weighted by Crippen LogP contribution is 2.60. The number of fused-ring (bicyclic) bond motifs is 2. The number of piperidine rings is 1. The first kappa shape index (κ1) is 16.1. The Morgan fingerprint density at radius 3 is 2.92 bits per heavy atom. The normalized spacial score (nSPS) is 35.5. The summed E-state index contributed by atoms with van der Waals surface area (Å²) in [5.41, 5.74) is 3.11. The van der Waals surface area contributed by atoms with Crippen molar-refractivity contribution in [3.05, 3.63) is 35.4 Å². The van der Waals surface area contributed by atoms with E-state index in [4.69, 9.17) is 0 Å². The van der Waals surface area contributed by atoms with Crippen molar-refractivity contribution >= 4 is 5.91 Å². The Labute approximate surface area is 146 Å². The van der Waals surface area contributed by atoms with Crippen LogP contribution >= 0.6 is 0 Å². The van der Waals surface area contributed by atoms with E-state index in [-0.39, 0.29) is 11.3 Å². The minimum atomic E-state index is 0.162. The van der Waals surface area contributed by atoms with Gasteiger partial charge < -0.3 is 9.80 Å². The maximum absolute atomic E-state index is 13.2. The zero-order valence-corrected chi connectivity index (χ0v) is 15.3. The molecular formula is C21H30N2O. The third kappa shape index (κ3) is 2.48. The second kappa shape index (κ2) is 5.87. The lowest BCUT2D eigenvalue weighted by Gasteiger charge is -2.40. The van der Waals surface area contributed by atoms with Gasteiger partial charge in [-0.1, -0.05) is 31.2 Å². The average molecular weight is 326 g/mol. The van der Waals surface area contributed by atoms with Gasteiger partial charge in [-0.15, -0.1) is 0 Å². The van der Waals surface area contributed by atoms with E-state index in [1.165, 1.54) is 30.4 Å². The number of rotatable bonds is 2. The van der Waals surface area contributed by atoms with Crippen molar-refractivity contribution in [3.8, 4) is 0 Å². The molecule has 130 valence electrons. The Morgan fingerprint density at radius 2 is 2.12 bits per heavy atom. The number of hydrogen-bond acceptors (Lipinski definition) is 2. The topological polar surface area (TPSA) is 23.6 Å². The molecule has 1 aliphatic heterocycles. The van der Waals surface area contributed by atoms with E-state index in [1.807, 2.05) is 0 Å². The quantitative estimate of drug-likeness (QED) is 0.834. The van der Waals surface area contributed by atoms with Gasteiger partial charge in [0.2, 0.25) is 5.91 Å². The van der Waals surface area contributed by atoms with Gasteiger partial charge in [0.15, 0.2) is 0 Å². The molecule has 24 heavy (non-hydrogen) atoms. The lowest BCUT2D eigenvalue weighted by Crippen LogP contribution is -2.50. The number of likely N-dealkylation sites (tertiary alicyclic amines) is 1. The van der Waals surface area contributed by atoms with Crippen molar-refractivity contribution < 1.29 is 4.79 Å². The molecule has 0 bridgehead atoms. The Kier molecular flexibility index (Phi) is 3.95. The van der Waals surface area contributed by atoms with E-state index in [0.29, 0.717) is 17.9 Å². The highest BCUT2D eigenvalue weighted by atomic mass is 16.2. The van der Waals surface area contributed by atoms with Gasteiger partial charge in [0.05, 0.1) is 0 Å². The van der Waals surface area contributed by atoms with Gasteiger partial charge in [0.1, 0.15) is 0 Å². The minimum Gasteiger partial charge on any atom is -0.342 e.